The van der Waals surface area contributed by atoms with Gasteiger partial charge in [0.1, 0.15) is 17.3 Å². The average molecular weight is 425 g/mol. The first-order chi connectivity index (χ1) is 14.9. The third kappa shape index (κ3) is 4.41. The van der Waals surface area contributed by atoms with Crippen molar-refractivity contribution in [3.8, 4) is 11.5 Å². The van der Waals surface area contributed by atoms with Crippen molar-refractivity contribution >= 4 is 17.4 Å². The summed E-state index contributed by atoms with van der Waals surface area (Å²) in [6.45, 7) is 4.75. The third-order valence-electron chi connectivity index (χ3n) is 5.25. The van der Waals surface area contributed by atoms with Crippen molar-refractivity contribution in [1.82, 2.24) is 4.90 Å². The molecule has 1 N–H and O–H groups in total. The number of rotatable bonds is 8. The molecule has 1 saturated heterocycles. The highest BCUT2D eigenvalue weighted by molar-refractivity contribution is 6.46. The maximum Gasteiger partial charge on any atom is 0.295 e. The zero-order chi connectivity index (χ0) is 22.5. The molecule has 3 rings (SSSR count). The lowest BCUT2D eigenvalue weighted by atomic mass is 9.94. The summed E-state index contributed by atoms with van der Waals surface area (Å²) >= 11 is 0. The SMILES string of the molecule is CCOc1ccc([C@@H]2C(=C(O)c3ccc(OC)c(C)c3)C(=O)C(=O)N2CCOC)cc1. The number of aliphatic hydroxyl groups is 1. The minimum atomic E-state index is -0.728. The number of methoxy groups -OCH3 is 2. The van der Waals surface area contributed by atoms with E-state index in [1.165, 1.54) is 12.0 Å². The van der Waals surface area contributed by atoms with Gasteiger partial charge in [-0.25, -0.2) is 0 Å². The molecule has 7 nitrogen and oxygen atoms in total. The minimum absolute atomic E-state index is 0.0508. The third-order valence-corrected chi connectivity index (χ3v) is 5.25. The summed E-state index contributed by atoms with van der Waals surface area (Å²) in [5, 5.41) is 11.1. The summed E-state index contributed by atoms with van der Waals surface area (Å²) in [5.41, 5.74) is 2.00. The van der Waals surface area contributed by atoms with Crippen molar-refractivity contribution < 1.29 is 28.9 Å². The lowest BCUT2D eigenvalue weighted by Crippen LogP contribution is -2.32. The Balaban J connectivity index is 2.12. The molecule has 1 amide bonds. The highest BCUT2D eigenvalue weighted by Gasteiger charge is 2.45. The zero-order valence-corrected chi connectivity index (χ0v) is 18.2. The van der Waals surface area contributed by atoms with Gasteiger partial charge in [-0.1, -0.05) is 12.1 Å². The second-order valence-corrected chi connectivity index (χ2v) is 7.17. The topological polar surface area (TPSA) is 85.3 Å². The fraction of sp³-hybridized carbons (Fsp3) is 0.333. The van der Waals surface area contributed by atoms with Gasteiger partial charge in [-0.3, -0.25) is 9.59 Å². The van der Waals surface area contributed by atoms with Crippen molar-refractivity contribution in [2.75, 3.05) is 34.0 Å². The molecule has 164 valence electrons. The molecule has 7 heteroatoms. The van der Waals surface area contributed by atoms with E-state index in [-0.39, 0.29) is 24.5 Å². The van der Waals surface area contributed by atoms with Crippen LogP contribution < -0.4 is 9.47 Å². The highest BCUT2D eigenvalue weighted by Crippen LogP contribution is 2.40. The summed E-state index contributed by atoms with van der Waals surface area (Å²) in [6, 6.07) is 11.6. The van der Waals surface area contributed by atoms with Crippen molar-refractivity contribution in [1.29, 1.82) is 0 Å². The number of aryl methyl sites for hydroxylation is 1. The van der Waals surface area contributed by atoms with Crippen LogP contribution in [0.15, 0.2) is 48.0 Å². The number of likely N-dealkylation sites (tertiary alicyclic amines) is 1. The summed E-state index contributed by atoms with van der Waals surface area (Å²) < 4.78 is 15.9. The summed E-state index contributed by atoms with van der Waals surface area (Å²) in [6.07, 6.45) is 0. The second kappa shape index (κ2) is 9.66. The summed E-state index contributed by atoms with van der Waals surface area (Å²) in [7, 11) is 3.09. The predicted octanol–water partition coefficient (Wildman–Crippen LogP) is 3.47. The molecule has 31 heavy (non-hydrogen) atoms. The molecule has 1 heterocycles. The second-order valence-electron chi connectivity index (χ2n) is 7.17. The molecule has 0 aliphatic carbocycles. The Bertz CT molecular complexity index is 996. The van der Waals surface area contributed by atoms with Crippen molar-refractivity contribution in [2.45, 2.75) is 19.9 Å². The maximum absolute atomic E-state index is 13.0. The van der Waals surface area contributed by atoms with Gasteiger partial charge in [0.25, 0.3) is 11.7 Å². The Morgan fingerprint density at radius 1 is 1.10 bits per heavy atom. The molecule has 0 radical (unpaired) electrons. The number of ketones is 1. The number of carbonyl (C=O) groups is 2. The van der Waals surface area contributed by atoms with Crippen LogP contribution in [-0.4, -0.2) is 55.7 Å². The number of ether oxygens (including phenoxy) is 3. The largest absolute Gasteiger partial charge is 0.507 e. The van der Waals surface area contributed by atoms with Crippen LogP contribution in [0.1, 0.15) is 29.7 Å². The lowest BCUT2D eigenvalue weighted by Gasteiger charge is -2.25. The number of aliphatic hydroxyl groups excluding tert-OH is 1. The van der Waals surface area contributed by atoms with Crippen LogP contribution in [0.25, 0.3) is 5.76 Å². The Kier molecular flexibility index (Phi) is 6.97. The number of nitrogens with zero attached hydrogens (tertiary/aromatic N) is 1. The van der Waals surface area contributed by atoms with E-state index < -0.39 is 17.7 Å². The number of carbonyl (C=O) groups excluding carboxylic acids is 2. The number of amides is 1. The lowest BCUT2D eigenvalue weighted by molar-refractivity contribution is -0.140. The molecule has 1 atom stereocenters. The van der Waals surface area contributed by atoms with Gasteiger partial charge in [-0.05, 0) is 55.3 Å². The minimum Gasteiger partial charge on any atom is -0.507 e. The molecule has 0 spiro atoms. The fourth-order valence-corrected chi connectivity index (χ4v) is 3.74. The molecule has 0 bridgehead atoms. The normalized spacial score (nSPS) is 17.8. The standard InChI is InChI=1S/C24H27NO6/c1-5-31-18-9-6-16(7-10-18)21-20(23(27)24(28)25(21)12-13-29-3)22(26)17-8-11-19(30-4)15(2)14-17/h6-11,14,21,26H,5,12-13H2,1-4H3/t21-/m1/s1. The zero-order valence-electron chi connectivity index (χ0n) is 18.2. The molecule has 0 aromatic heterocycles. The molecule has 1 fully saturated rings. The predicted molar refractivity (Wildman–Crippen MR) is 116 cm³/mol. The molecule has 1 aliphatic heterocycles. The van der Waals surface area contributed by atoms with Gasteiger partial charge in [0.2, 0.25) is 0 Å². The van der Waals surface area contributed by atoms with E-state index in [2.05, 4.69) is 0 Å². The smallest absolute Gasteiger partial charge is 0.295 e. The number of hydrogen-bond acceptors (Lipinski definition) is 6. The molecule has 0 saturated carbocycles. The molecular weight excluding hydrogens is 398 g/mol. The number of benzene rings is 2. The van der Waals surface area contributed by atoms with Gasteiger partial charge < -0.3 is 24.2 Å². The molecule has 2 aromatic rings. The van der Waals surface area contributed by atoms with Crippen LogP contribution in [0.3, 0.4) is 0 Å². The Morgan fingerprint density at radius 2 is 1.81 bits per heavy atom. The summed E-state index contributed by atoms with van der Waals surface area (Å²) in [4.78, 5) is 27.2. The van der Waals surface area contributed by atoms with E-state index >= 15 is 0 Å². The van der Waals surface area contributed by atoms with E-state index in [4.69, 9.17) is 14.2 Å². The molecule has 1 aliphatic rings. The molecule has 0 unspecified atom stereocenters. The first-order valence-corrected chi connectivity index (χ1v) is 10.1. The van der Waals surface area contributed by atoms with Crippen molar-refractivity contribution in [3.63, 3.8) is 0 Å². The fourth-order valence-electron chi connectivity index (χ4n) is 3.74. The average Bonchev–Trinajstić information content (AvgIpc) is 3.02. The highest BCUT2D eigenvalue weighted by atomic mass is 16.5. The first kappa shape index (κ1) is 22.4. The van der Waals surface area contributed by atoms with Gasteiger partial charge in [-0.15, -0.1) is 0 Å². The van der Waals surface area contributed by atoms with Crippen molar-refractivity contribution in [3.05, 3.63) is 64.7 Å². The van der Waals surface area contributed by atoms with Gasteiger partial charge >= 0.3 is 0 Å². The van der Waals surface area contributed by atoms with E-state index in [1.54, 1.807) is 49.6 Å². The van der Waals surface area contributed by atoms with Gasteiger partial charge in [0.05, 0.1) is 31.9 Å². The van der Waals surface area contributed by atoms with Crippen LogP contribution in [0.4, 0.5) is 0 Å². The Labute approximate surface area is 181 Å². The Morgan fingerprint density at radius 3 is 2.39 bits per heavy atom. The van der Waals surface area contributed by atoms with Gasteiger partial charge in [0.15, 0.2) is 0 Å². The van der Waals surface area contributed by atoms with Crippen LogP contribution in [0.2, 0.25) is 0 Å². The van der Waals surface area contributed by atoms with Crippen LogP contribution in [0, 0.1) is 6.92 Å². The number of Topliss-reactive ketones (excluding diaryl/α,β-unsaturated/α-hetero) is 1. The van der Waals surface area contributed by atoms with E-state index in [1.807, 2.05) is 13.8 Å². The van der Waals surface area contributed by atoms with Gasteiger partial charge in [0, 0.05) is 19.2 Å². The molecule has 2 aromatic carbocycles. The maximum atomic E-state index is 13.0. The van der Waals surface area contributed by atoms with Crippen LogP contribution in [0.5, 0.6) is 11.5 Å². The van der Waals surface area contributed by atoms with Crippen LogP contribution >= 0.6 is 0 Å². The van der Waals surface area contributed by atoms with E-state index in [9.17, 15) is 14.7 Å². The first-order valence-electron chi connectivity index (χ1n) is 10.1. The van der Waals surface area contributed by atoms with E-state index in [0.29, 0.717) is 29.2 Å². The molecular formula is C24H27NO6. The van der Waals surface area contributed by atoms with Gasteiger partial charge in [-0.2, -0.15) is 0 Å². The van der Waals surface area contributed by atoms with Crippen LogP contribution in [-0.2, 0) is 14.3 Å². The van der Waals surface area contributed by atoms with E-state index in [0.717, 1.165) is 5.56 Å². The van der Waals surface area contributed by atoms with Crippen molar-refractivity contribution in [2.24, 2.45) is 0 Å². The summed E-state index contributed by atoms with van der Waals surface area (Å²) in [5.74, 6) is -0.252. The monoisotopic (exact) mass is 425 g/mol. The Hall–Kier alpha value is -3.32. The number of hydrogen-bond donors (Lipinski definition) is 1. The quantitative estimate of drug-likeness (QED) is 0.396.